The van der Waals surface area contributed by atoms with Crippen molar-refractivity contribution in [3.63, 3.8) is 0 Å². The number of aromatic nitrogens is 1. The molecule has 1 aromatic rings. The first-order valence-corrected chi connectivity index (χ1v) is 6.43. The van der Waals surface area contributed by atoms with E-state index in [1.165, 1.54) is 11.3 Å². The summed E-state index contributed by atoms with van der Waals surface area (Å²) in [4.78, 5) is 17.7. The fourth-order valence-electron chi connectivity index (χ4n) is 2.06. The maximum absolute atomic E-state index is 11.2. The van der Waals surface area contributed by atoms with Crippen LogP contribution in [0.25, 0.3) is 0 Å². The van der Waals surface area contributed by atoms with E-state index in [4.69, 9.17) is 5.84 Å². The first-order chi connectivity index (χ1) is 8.24. The second kappa shape index (κ2) is 5.54. The summed E-state index contributed by atoms with van der Waals surface area (Å²) in [6.07, 6.45) is 2.13. The fraction of sp³-hybridized carbons (Fsp3) is 0.600. The summed E-state index contributed by atoms with van der Waals surface area (Å²) in [6.45, 7) is 1.83. The number of hydrogen-bond donors (Lipinski definition) is 3. The SMILES string of the molecule is NNC(=O)c1nc(CN2CCCC2CO)cs1. The van der Waals surface area contributed by atoms with Gasteiger partial charge in [-0.2, -0.15) is 0 Å². The van der Waals surface area contributed by atoms with Crippen molar-refractivity contribution in [3.05, 3.63) is 16.1 Å². The zero-order valence-electron chi connectivity index (χ0n) is 9.43. The van der Waals surface area contributed by atoms with Crippen molar-refractivity contribution in [2.24, 2.45) is 5.84 Å². The Balaban J connectivity index is 1.99. The molecule has 1 aliphatic heterocycles. The number of rotatable bonds is 4. The summed E-state index contributed by atoms with van der Waals surface area (Å²) in [7, 11) is 0. The van der Waals surface area contributed by atoms with Crippen molar-refractivity contribution in [2.45, 2.75) is 25.4 Å². The number of hydrazine groups is 1. The van der Waals surface area contributed by atoms with E-state index in [-0.39, 0.29) is 18.6 Å². The Hall–Kier alpha value is -1.02. The molecule has 4 N–H and O–H groups in total. The van der Waals surface area contributed by atoms with Gasteiger partial charge in [-0.3, -0.25) is 15.1 Å². The van der Waals surface area contributed by atoms with Gasteiger partial charge < -0.3 is 5.11 Å². The predicted octanol–water partition coefficient (Wildman–Crippen LogP) is -0.297. The van der Waals surface area contributed by atoms with Crippen LogP contribution in [0, 0.1) is 0 Å². The topological polar surface area (TPSA) is 91.5 Å². The Kier molecular flexibility index (Phi) is 4.06. The molecule has 1 unspecified atom stereocenters. The fourth-order valence-corrected chi connectivity index (χ4v) is 2.77. The largest absolute Gasteiger partial charge is 0.395 e. The third-order valence-electron chi connectivity index (χ3n) is 2.95. The molecule has 0 aliphatic carbocycles. The van der Waals surface area contributed by atoms with E-state index < -0.39 is 0 Å². The van der Waals surface area contributed by atoms with Crippen LogP contribution in [0.3, 0.4) is 0 Å². The molecule has 1 atom stereocenters. The minimum atomic E-state index is -0.360. The van der Waals surface area contributed by atoms with Crippen LogP contribution < -0.4 is 11.3 Å². The second-order valence-electron chi connectivity index (χ2n) is 4.07. The van der Waals surface area contributed by atoms with Crippen LogP contribution in [-0.4, -0.2) is 40.1 Å². The number of nitrogens with zero attached hydrogens (tertiary/aromatic N) is 2. The molecule has 1 saturated heterocycles. The normalized spacial score (nSPS) is 20.7. The molecule has 0 spiro atoms. The number of likely N-dealkylation sites (tertiary alicyclic amines) is 1. The van der Waals surface area contributed by atoms with Crippen LogP contribution in [0.1, 0.15) is 28.3 Å². The number of nitrogens with one attached hydrogen (secondary N) is 1. The first-order valence-electron chi connectivity index (χ1n) is 5.55. The van der Waals surface area contributed by atoms with Gasteiger partial charge >= 0.3 is 0 Å². The summed E-state index contributed by atoms with van der Waals surface area (Å²) < 4.78 is 0. The van der Waals surface area contributed by atoms with Crippen molar-refractivity contribution < 1.29 is 9.90 Å². The molecule has 0 radical (unpaired) electrons. The number of aliphatic hydroxyl groups is 1. The van der Waals surface area contributed by atoms with E-state index in [0.717, 1.165) is 25.1 Å². The molecule has 94 valence electrons. The molecule has 1 aromatic heterocycles. The number of thiazole rings is 1. The molecule has 6 nitrogen and oxygen atoms in total. The number of nitrogen functional groups attached to an aromatic ring is 1. The molecule has 1 amide bonds. The minimum Gasteiger partial charge on any atom is -0.395 e. The van der Waals surface area contributed by atoms with E-state index in [0.29, 0.717) is 11.6 Å². The molecule has 7 heteroatoms. The zero-order chi connectivity index (χ0) is 12.3. The van der Waals surface area contributed by atoms with Crippen molar-refractivity contribution in [1.29, 1.82) is 0 Å². The Labute approximate surface area is 103 Å². The standard InChI is InChI=1S/C10H16N4O2S/c11-13-9(16)10-12-7(6-17-10)4-14-3-1-2-8(14)5-15/h6,8,15H,1-5,11H2,(H,13,16). The van der Waals surface area contributed by atoms with Crippen LogP contribution in [0.2, 0.25) is 0 Å². The van der Waals surface area contributed by atoms with Gasteiger partial charge in [-0.05, 0) is 19.4 Å². The van der Waals surface area contributed by atoms with Gasteiger partial charge in [0.15, 0.2) is 5.01 Å². The number of nitrogens with two attached hydrogens (primary N) is 1. The van der Waals surface area contributed by atoms with Crippen molar-refractivity contribution in [3.8, 4) is 0 Å². The maximum Gasteiger partial charge on any atom is 0.294 e. The van der Waals surface area contributed by atoms with E-state index in [1.54, 1.807) is 0 Å². The second-order valence-corrected chi connectivity index (χ2v) is 4.92. The summed E-state index contributed by atoms with van der Waals surface area (Å²) in [6, 6.07) is 0.225. The van der Waals surface area contributed by atoms with Crippen LogP contribution in [0.4, 0.5) is 0 Å². The highest BCUT2D eigenvalue weighted by Crippen LogP contribution is 2.20. The Bertz CT molecular complexity index is 395. The molecule has 1 aliphatic rings. The van der Waals surface area contributed by atoms with E-state index in [1.807, 2.05) is 5.38 Å². The average Bonchev–Trinajstić information content (AvgIpc) is 2.97. The Morgan fingerprint density at radius 1 is 1.76 bits per heavy atom. The maximum atomic E-state index is 11.2. The molecule has 0 bridgehead atoms. The highest BCUT2D eigenvalue weighted by Gasteiger charge is 2.24. The number of aliphatic hydroxyl groups excluding tert-OH is 1. The smallest absolute Gasteiger partial charge is 0.294 e. The number of amides is 1. The molecular formula is C10H16N4O2S. The van der Waals surface area contributed by atoms with Crippen LogP contribution >= 0.6 is 11.3 Å². The first kappa shape index (κ1) is 12.4. The third-order valence-corrected chi connectivity index (χ3v) is 3.84. The van der Waals surface area contributed by atoms with Gasteiger partial charge in [-0.15, -0.1) is 11.3 Å². The van der Waals surface area contributed by atoms with Gasteiger partial charge in [0.2, 0.25) is 0 Å². The highest BCUT2D eigenvalue weighted by molar-refractivity contribution is 7.11. The zero-order valence-corrected chi connectivity index (χ0v) is 10.2. The Morgan fingerprint density at radius 2 is 2.59 bits per heavy atom. The Morgan fingerprint density at radius 3 is 3.29 bits per heavy atom. The third kappa shape index (κ3) is 2.81. The highest BCUT2D eigenvalue weighted by atomic mass is 32.1. The van der Waals surface area contributed by atoms with Crippen molar-refractivity contribution >= 4 is 17.2 Å². The van der Waals surface area contributed by atoms with Crippen molar-refractivity contribution in [2.75, 3.05) is 13.2 Å². The van der Waals surface area contributed by atoms with Gasteiger partial charge in [0.05, 0.1) is 12.3 Å². The lowest BCUT2D eigenvalue weighted by atomic mass is 10.2. The van der Waals surface area contributed by atoms with E-state index in [9.17, 15) is 9.90 Å². The monoisotopic (exact) mass is 256 g/mol. The predicted molar refractivity (Wildman–Crippen MR) is 64.3 cm³/mol. The van der Waals surface area contributed by atoms with Crippen LogP contribution in [0.15, 0.2) is 5.38 Å². The number of carbonyl (C=O) groups excluding carboxylic acids is 1. The quantitative estimate of drug-likeness (QED) is 0.391. The van der Waals surface area contributed by atoms with Crippen molar-refractivity contribution in [1.82, 2.24) is 15.3 Å². The summed E-state index contributed by atoms with van der Waals surface area (Å²) >= 11 is 1.28. The molecule has 0 saturated carbocycles. The molecule has 0 aromatic carbocycles. The summed E-state index contributed by atoms with van der Waals surface area (Å²) in [5.74, 6) is 4.68. The lowest BCUT2D eigenvalue weighted by molar-refractivity contribution is 0.0952. The lowest BCUT2D eigenvalue weighted by Gasteiger charge is -2.21. The molecule has 2 heterocycles. The molecular weight excluding hydrogens is 240 g/mol. The van der Waals surface area contributed by atoms with Gasteiger partial charge in [-0.25, -0.2) is 10.8 Å². The lowest BCUT2D eigenvalue weighted by Crippen LogP contribution is -2.32. The van der Waals surface area contributed by atoms with Gasteiger partial charge in [0.1, 0.15) is 0 Å². The average molecular weight is 256 g/mol. The van der Waals surface area contributed by atoms with Gasteiger partial charge in [0.25, 0.3) is 5.91 Å². The number of hydrogen-bond acceptors (Lipinski definition) is 6. The number of carbonyl (C=O) groups is 1. The van der Waals surface area contributed by atoms with Gasteiger partial charge in [0, 0.05) is 18.0 Å². The summed E-state index contributed by atoms with van der Waals surface area (Å²) in [5.41, 5.74) is 2.92. The van der Waals surface area contributed by atoms with Gasteiger partial charge in [-0.1, -0.05) is 0 Å². The van der Waals surface area contributed by atoms with E-state index >= 15 is 0 Å². The minimum absolute atomic E-state index is 0.181. The summed E-state index contributed by atoms with van der Waals surface area (Å²) in [5, 5.41) is 11.4. The molecule has 17 heavy (non-hydrogen) atoms. The molecule has 2 rings (SSSR count). The van der Waals surface area contributed by atoms with E-state index in [2.05, 4.69) is 15.3 Å². The van der Waals surface area contributed by atoms with Crippen LogP contribution in [-0.2, 0) is 6.54 Å². The van der Waals surface area contributed by atoms with Crippen LogP contribution in [0.5, 0.6) is 0 Å². The molecule has 1 fully saturated rings.